The number of aromatic nitrogens is 4. The monoisotopic (exact) mass is 681 g/mol. The summed E-state index contributed by atoms with van der Waals surface area (Å²) in [5, 5.41) is 2.68. The number of alkyl carbamates (subject to hydrolysis) is 1. The third-order valence-electron chi connectivity index (χ3n) is 8.71. The molecule has 3 aromatic rings. The van der Waals surface area contributed by atoms with Crippen LogP contribution in [0, 0.1) is 41.4 Å². The van der Waals surface area contributed by atoms with E-state index < -0.39 is 17.7 Å². The molecule has 5 rings (SSSR count). The smallest absolute Gasteiger partial charge is 0.410 e. The highest BCUT2D eigenvalue weighted by molar-refractivity contribution is 5.86. The molecule has 0 unspecified atom stereocenters. The number of nitrogens with zero attached hydrogens (tertiary/aromatic N) is 4. The molecule has 1 aromatic carbocycles. The summed E-state index contributed by atoms with van der Waals surface area (Å²) in [5.74, 6) is 14.3. The number of methoxy groups -OCH3 is 1. The van der Waals surface area contributed by atoms with Crippen LogP contribution in [0.4, 0.5) is 9.59 Å². The van der Waals surface area contributed by atoms with Crippen LogP contribution in [0.25, 0.3) is 0 Å². The van der Waals surface area contributed by atoms with Gasteiger partial charge in [-0.05, 0) is 87.5 Å². The second kappa shape index (κ2) is 15.1. The fraction of sp³-hybridized carbons (Fsp3) is 0.500. The summed E-state index contributed by atoms with van der Waals surface area (Å²) in [6, 6.07) is 6.50. The van der Waals surface area contributed by atoms with Gasteiger partial charge in [0.05, 0.1) is 31.6 Å². The zero-order valence-electron chi connectivity index (χ0n) is 30.1. The number of carbonyl (C=O) groups excluding carboxylic acids is 3. The number of aromatic amines is 2. The van der Waals surface area contributed by atoms with Crippen LogP contribution in [0.2, 0.25) is 0 Å². The number of benzene rings is 1. The van der Waals surface area contributed by atoms with Crippen molar-refractivity contribution in [2.75, 3.05) is 20.2 Å². The summed E-state index contributed by atoms with van der Waals surface area (Å²) in [6.45, 7) is 14.8. The van der Waals surface area contributed by atoms with Gasteiger partial charge in [-0.2, -0.15) is 0 Å². The van der Waals surface area contributed by atoms with Crippen LogP contribution in [0.3, 0.4) is 0 Å². The Balaban J connectivity index is 1.22. The van der Waals surface area contributed by atoms with Gasteiger partial charge in [0, 0.05) is 24.2 Å². The van der Waals surface area contributed by atoms with Gasteiger partial charge in [-0.15, -0.1) is 0 Å². The summed E-state index contributed by atoms with van der Waals surface area (Å²) in [7, 11) is 1.28. The van der Waals surface area contributed by atoms with Crippen molar-refractivity contribution in [3.8, 4) is 23.7 Å². The maximum Gasteiger partial charge on any atom is 0.410 e. The lowest BCUT2D eigenvalue weighted by molar-refractivity contribution is -0.135. The molecule has 4 heterocycles. The highest BCUT2D eigenvalue weighted by Crippen LogP contribution is 2.36. The van der Waals surface area contributed by atoms with Crippen molar-refractivity contribution in [3.63, 3.8) is 0 Å². The Labute approximate surface area is 294 Å². The van der Waals surface area contributed by atoms with E-state index in [2.05, 4.69) is 62.8 Å². The van der Waals surface area contributed by atoms with E-state index in [-0.39, 0.29) is 35.9 Å². The molecule has 2 aliphatic rings. The minimum absolute atomic E-state index is 0.115. The highest BCUT2D eigenvalue weighted by atomic mass is 16.6. The summed E-state index contributed by atoms with van der Waals surface area (Å²) >= 11 is 0. The maximum absolute atomic E-state index is 13.5. The molecule has 0 bridgehead atoms. The minimum Gasteiger partial charge on any atom is -0.453 e. The zero-order chi connectivity index (χ0) is 36.2. The van der Waals surface area contributed by atoms with Crippen molar-refractivity contribution in [1.82, 2.24) is 35.1 Å². The summed E-state index contributed by atoms with van der Waals surface area (Å²) in [6.07, 6.45) is 3.96. The number of nitrogens with one attached hydrogen (secondary N) is 3. The number of amides is 3. The third kappa shape index (κ3) is 8.86. The number of ether oxygens (including phenoxy) is 2. The first kappa shape index (κ1) is 36.1. The quantitative estimate of drug-likeness (QED) is 0.300. The average molecular weight is 682 g/mol. The number of carbonyl (C=O) groups is 3. The molecule has 5 atom stereocenters. The molecule has 0 saturated carbocycles. The lowest BCUT2D eigenvalue weighted by Gasteiger charge is -2.30. The normalized spacial score (nSPS) is 20.8. The fourth-order valence-electron chi connectivity index (χ4n) is 6.31. The Hall–Kier alpha value is -5.23. The van der Waals surface area contributed by atoms with E-state index in [1.807, 2.05) is 58.9 Å². The lowest BCUT2D eigenvalue weighted by Crippen LogP contribution is -2.51. The van der Waals surface area contributed by atoms with E-state index in [1.54, 1.807) is 22.2 Å². The van der Waals surface area contributed by atoms with E-state index in [4.69, 9.17) is 9.47 Å². The number of hydrogen-bond acceptors (Lipinski definition) is 7. The predicted molar refractivity (Wildman–Crippen MR) is 187 cm³/mol. The Bertz CT molecular complexity index is 1810. The Kier molecular flexibility index (Phi) is 10.9. The van der Waals surface area contributed by atoms with Crippen LogP contribution in [0.15, 0.2) is 36.7 Å². The fourth-order valence-corrected chi connectivity index (χ4v) is 6.31. The first-order valence-corrected chi connectivity index (χ1v) is 17.1. The molecule has 2 fully saturated rings. The van der Waals surface area contributed by atoms with Crippen LogP contribution < -0.4 is 5.32 Å². The summed E-state index contributed by atoms with van der Waals surface area (Å²) < 4.78 is 10.4. The second-order valence-corrected chi connectivity index (χ2v) is 14.6. The van der Waals surface area contributed by atoms with E-state index in [0.29, 0.717) is 42.0 Å². The second-order valence-electron chi connectivity index (χ2n) is 14.6. The van der Waals surface area contributed by atoms with E-state index in [9.17, 15) is 14.4 Å². The van der Waals surface area contributed by atoms with Gasteiger partial charge in [-0.25, -0.2) is 19.6 Å². The molecular weight excluding hydrogens is 634 g/mol. The van der Waals surface area contributed by atoms with Gasteiger partial charge in [0.25, 0.3) is 0 Å². The number of rotatable bonds is 5. The van der Waals surface area contributed by atoms with Crippen LogP contribution in [-0.2, 0) is 14.3 Å². The number of H-pyrrole nitrogens is 2. The molecule has 3 amide bonds. The van der Waals surface area contributed by atoms with Crippen molar-refractivity contribution < 1.29 is 23.9 Å². The Morgan fingerprint density at radius 2 is 1.32 bits per heavy atom. The molecule has 0 spiro atoms. The van der Waals surface area contributed by atoms with E-state index in [1.165, 1.54) is 7.11 Å². The van der Waals surface area contributed by atoms with Crippen LogP contribution in [0.1, 0.15) is 108 Å². The van der Waals surface area contributed by atoms with Gasteiger partial charge >= 0.3 is 12.2 Å². The van der Waals surface area contributed by atoms with Crippen LogP contribution in [0.5, 0.6) is 0 Å². The van der Waals surface area contributed by atoms with Crippen molar-refractivity contribution in [2.24, 2.45) is 17.8 Å². The van der Waals surface area contributed by atoms with Crippen molar-refractivity contribution in [2.45, 2.75) is 85.0 Å². The summed E-state index contributed by atoms with van der Waals surface area (Å²) in [4.78, 5) is 57.5. The third-order valence-corrected chi connectivity index (χ3v) is 8.71. The van der Waals surface area contributed by atoms with E-state index in [0.717, 1.165) is 24.0 Å². The topological polar surface area (TPSA) is 146 Å². The number of hydrogen-bond donors (Lipinski definition) is 3. The van der Waals surface area contributed by atoms with Gasteiger partial charge in [-0.3, -0.25) is 9.69 Å². The van der Waals surface area contributed by atoms with Crippen molar-refractivity contribution in [3.05, 3.63) is 70.8 Å². The predicted octanol–water partition coefficient (Wildman–Crippen LogP) is 5.54. The van der Waals surface area contributed by atoms with Crippen molar-refractivity contribution >= 4 is 18.1 Å². The molecule has 0 aliphatic carbocycles. The van der Waals surface area contributed by atoms with Crippen LogP contribution >= 0.6 is 0 Å². The van der Waals surface area contributed by atoms with Gasteiger partial charge in [0.15, 0.2) is 0 Å². The Morgan fingerprint density at radius 3 is 1.78 bits per heavy atom. The maximum atomic E-state index is 13.5. The highest BCUT2D eigenvalue weighted by Gasteiger charge is 2.40. The molecule has 264 valence electrons. The van der Waals surface area contributed by atoms with Crippen molar-refractivity contribution in [1.29, 1.82) is 0 Å². The Morgan fingerprint density at radius 1 is 0.840 bits per heavy atom. The van der Waals surface area contributed by atoms with Gasteiger partial charge in [-0.1, -0.05) is 39.5 Å². The molecule has 2 saturated heterocycles. The first-order valence-electron chi connectivity index (χ1n) is 17.1. The van der Waals surface area contributed by atoms with Gasteiger partial charge in [0.1, 0.15) is 34.7 Å². The molecule has 12 nitrogen and oxygen atoms in total. The molecule has 50 heavy (non-hydrogen) atoms. The van der Waals surface area contributed by atoms with E-state index >= 15 is 0 Å². The minimum atomic E-state index is -0.702. The molecule has 2 aromatic heterocycles. The SMILES string of the molecule is COC(=O)N[C@H](C(=O)N1C[C@@H](C)C[C@H]1c1ncc(C#Cc2ccc(C#Cc3cnc([C@@H]4C[C@H](C)CN4C(=O)OC(C)(C)C)[nH]3)cc2)[nH]1)C(C)C. The standard InChI is InChI=1S/C38H47N7O5/c1-23(2)32(43-36(47)49-8)35(46)44-21-24(3)17-30(44)33-39-19-28(41-33)15-13-26-9-11-27(12-10-26)14-16-29-20-40-34(42-29)31-18-25(4)22-45(31)37(48)50-38(5,6)7/h9-12,19-20,23-25,30-32H,17-18,21-22H2,1-8H3,(H,39,41)(H,40,42)(H,43,47)/t24-,25-,30-,31-,32-/m0/s1. The number of likely N-dealkylation sites (tertiary alicyclic amines) is 2. The number of imidazole rings is 2. The first-order chi connectivity index (χ1) is 23.7. The largest absolute Gasteiger partial charge is 0.453 e. The molecular formula is C38H47N7O5. The van der Waals surface area contributed by atoms with Crippen LogP contribution in [-0.4, -0.2) is 79.7 Å². The summed E-state index contributed by atoms with van der Waals surface area (Å²) in [5.41, 5.74) is 2.37. The molecule has 0 radical (unpaired) electrons. The molecule has 12 heteroatoms. The van der Waals surface area contributed by atoms with Gasteiger partial charge < -0.3 is 29.7 Å². The molecule has 2 aliphatic heterocycles. The molecule has 3 N–H and O–H groups in total. The zero-order valence-corrected chi connectivity index (χ0v) is 30.1. The van der Waals surface area contributed by atoms with Gasteiger partial charge in [0.2, 0.25) is 5.91 Å². The average Bonchev–Trinajstić information content (AvgIpc) is 3.87. The lowest BCUT2D eigenvalue weighted by atomic mass is 10.0.